The number of halogens is 1. The van der Waals surface area contributed by atoms with Crippen molar-refractivity contribution in [2.45, 2.75) is 4.90 Å². The Kier molecular flexibility index (Phi) is 6.17. The summed E-state index contributed by atoms with van der Waals surface area (Å²) >= 11 is 0. The number of hydrogen-bond acceptors (Lipinski definition) is 6. The number of methoxy groups -OCH3 is 1. The highest BCUT2D eigenvalue weighted by atomic mass is 32.2. The first-order valence-corrected chi connectivity index (χ1v) is 9.82. The van der Waals surface area contributed by atoms with E-state index in [0.717, 1.165) is 5.56 Å². The van der Waals surface area contributed by atoms with E-state index in [9.17, 15) is 12.8 Å². The van der Waals surface area contributed by atoms with Gasteiger partial charge in [0.25, 0.3) is 0 Å². The van der Waals surface area contributed by atoms with Gasteiger partial charge in [0.2, 0.25) is 15.9 Å². The molecule has 28 heavy (non-hydrogen) atoms. The highest BCUT2D eigenvalue weighted by Gasteiger charge is 2.13. The highest BCUT2D eigenvalue weighted by molar-refractivity contribution is 7.89. The quantitative estimate of drug-likeness (QED) is 0.582. The minimum absolute atomic E-state index is 0.0652. The molecule has 2 aromatic carbocycles. The SMILES string of the molecule is COc1ccc(S(=O)(=O)NCCOc2ccc(-c3ccc(F)cc3)nn2)cc1. The smallest absolute Gasteiger partial charge is 0.240 e. The molecule has 0 atom stereocenters. The molecule has 0 fully saturated rings. The third kappa shape index (κ3) is 5.02. The Bertz CT molecular complexity index is 1010. The summed E-state index contributed by atoms with van der Waals surface area (Å²) in [5.74, 6) is 0.508. The summed E-state index contributed by atoms with van der Waals surface area (Å²) in [6, 6.07) is 15.3. The van der Waals surface area contributed by atoms with Crippen LogP contribution in [0.3, 0.4) is 0 Å². The number of rotatable bonds is 8. The number of nitrogens with one attached hydrogen (secondary N) is 1. The van der Waals surface area contributed by atoms with Gasteiger partial charge in [0.1, 0.15) is 18.2 Å². The summed E-state index contributed by atoms with van der Waals surface area (Å²) in [5.41, 5.74) is 1.31. The summed E-state index contributed by atoms with van der Waals surface area (Å²) in [4.78, 5) is 0.136. The van der Waals surface area contributed by atoms with Crippen LogP contribution in [0.2, 0.25) is 0 Å². The molecule has 0 amide bonds. The normalized spacial score (nSPS) is 11.2. The summed E-state index contributed by atoms with van der Waals surface area (Å²) in [5, 5.41) is 7.95. The maximum Gasteiger partial charge on any atom is 0.240 e. The van der Waals surface area contributed by atoms with Gasteiger partial charge in [0.15, 0.2) is 0 Å². The van der Waals surface area contributed by atoms with Crippen LogP contribution < -0.4 is 14.2 Å². The molecule has 0 radical (unpaired) electrons. The monoisotopic (exact) mass is 403 g/mol. The zero-order chi connectivity index (χ0) is 20.0. The molecule has 0 spiro atoms. The van der Waals surface area contributed by atoms with Gasteiger partial charge in [-0.2, -0.15) is 0 Å². The first kappa shape index (κ1) is 19.7. The standard InChI is InChI=1S/C19H18FN3O4S/c1-26-16-6-8-17(9-7-16)28(24,25)21-12-13-27-19-11-10-18(22-23-19)14-2-4-15(20)5-3-14/h2-11,21H,12-13H2,1H3. The maximum absolute atomic E-state index is 13.0. The Morgan fingerprint density at radius 3 is 2.29 bits per heavy atom. The van der Waals surface area contributed by atoms with Crippen LogP contribution in [0.4, 0.5) is 4.39 Å². The molecule has 3 rings (SSSR count). The molecular weight excluding hydrogens is 385 g/mol. The molecule has 146 valence electrons. The average Bonchev–Trinajstić information content (AvgIpc) is 2.72. The van der Waals surface area contributed by atoms with Crippen molar-refractivity contribution in [2.24, 2.45) is 0 Å². The lowest BCUT2D eigenvalue weighted by atomic mass is 10.1. The molecule has 0 aliphatic heterocycles. The molecule has 0 aliphatic carbocycles. The van der Waals surface area contributed by atoms with Crippen LogP contribution in [-0.2, 0) is 10.0 Å². The predicted molar refractivity (Wildman–Crippen MR) is 101 cm³/mol. The van der Waals surface area contributed by atoms with E-state index >= 15 is 0 Å². The molecule has 3 aromatic rings. The Morgan fingerprint density at radius 1 is 0.964 bits per heavy atom. The Hall–Kier alpha value is -3.04. The van der Waals surface area contributed by atoms with Crippen LogP contribution in [0.5, 0.6) is 11.6 Å². The van der Waals surface area contributed by atoms with Crippen molar-refractivity contribution >= 4 is 10.0 Å². The third-order valence-electron chi connectivity index (χ3n) is 3.79. The first-order chi connectivity index (χ1) is 13.5. The average molecular weight is 403 g/mol. The molecule has 9 heteroatoms. The molecule has 0 saturated heterocycles. The van der Waals surface area contributed by atoms with Crippen molar-refractivity contribution < 1.29 is 22.3 Å². The fraction of sp³-hybridized carbons (Fsp3) is 0.158. The molecule has 1 aromatic heterocycles. The highest BCUT2D eigenvalue weighted by Crippen LogP contribution is 2.18. The summed E-state index contributed by atoms with van der Waals surface area (Å²) in [6.45, 7) is 0.149. The van der Waals surface area contributed by atoms with Gasteiger partial charge in [0.05, 0.1) is 17.7 Å². The number of nitrogens with zero attached hydrogens (tertiary/aromatic N) is 2. The van der Waals surface area contributed by atoms with E-state index in [0.29, 0.717) is 11.4 Å². The van der Waals surface area contributed by atoms with E-state index in [2.05, 4.69) is 14.9 Å². The zero-order valence-electron chi connectivity index (χ0n) is 15.0. The minimum atomic E-state index is -3.64. The third-order valence-corrected chi connectivity index (χ3v) is 5.27. The van der Waals surface area contributed by atoms with Gasteiger partial charge < -0.3 is 9.47 Å². The summed E-state index contributed by atoms with van der Waals surface area (Å²) in [6.07, 6.45) is 0. The fourth-order valence-corrected chi connectivity index (χ4v) is 3.35. The molecule has 0 bridgehead atoms. The van der Waals surface area contributed by atoms with Gasteiger partial charge in [-0.25, -0.2) is 17.5 Å². The molecule has 1 heterocycles. The Morgan fingerprint density at radius 2 is 1.68 bits per heavy atom. The van der Waals surface area contributed by atoms with E-state index in [1.807, 2.05) is 0 Å². The van der Waals surface area contributed by atoms with Crippen LogP contribution in [0.15, 0.2) is 65.6 Å². The fourth-order valence-electron chi connectivity index (χ4n) is 2.34. The van der Waals surface area contributed by atoms with Crippen LogP contribution in [0.25, 0.3) is 11.3 Å². The van der Waals surface area contributed by atoms with Crippen molar-refractivity contribution in [2.75, 3.05) is 20.3 Å². The van der Waals surface area contributed by atoms with Crippen molar-refractivity contribution in [3.63, 3.8) is 0 Å². The van der Waals surface area contributed by atoms with Gasteiger partial charge >= 0.3 is 0 Å². The van der Waals surface area contributed by atoms with E-state index in [-0.39, 0.29) is 29.7 Å². The molecule has 7 nitrogen and oxygen atoms in total. The molecule has 0 unspecified atom stereocenters. The van der Waals surface area contributed by atoms with Crippen molar-refractivity contribution in [3.05, 3.63) is 66.5 Å². The number of hydrogen-bond donors (Lipinski definition) is 1. The van der Waals surface area contributed by atoms with Gasteiger partial charge in [-0.05, 0) is 54.6 Å². The van der Waals surface area contributed by atoms with Crippen molar-refractivity contribution in [3.8, 4) is 22.9 Å². The lowest BCUT2D eigenvalue weighted by Gasteiger charge is -2.08. The number of aromatic nitrogens is 2. The van der Waals surface area contributed by atoms with Gasteiger partial charge in [-0.3, -0.25) is 0 Å². The minimum Gasteiger partial charge on any atom is -0.497 e. The second-order valence-corrected chi connectivity index (χ2v) is 7.45. The summed E-state index contributed by atoms with van der Waals surface area (Å²) < 4.78 is 50.2. The second-order valence-electron chi connectivity index (χ2n) is 5.69. The second kappa shape index (κ2) is 8.77. The topological polar surface area (TPSA) is 90.4 Å². The summed E-state index contributed by atoms with van der Waals surface area (Å²) in [7, 11) is -2.13. The van der Waals surface area contributed by atoms with Crippen LogP contribution in [0.1, 0.15) is 0 Å². The van der Waals surface area contributed by atoms with E-state index in [4.69, 9.17) is 9.47 Å². The molecule has 0 aliphatic rings. The van der Waals surface area contributed by atoms with Gasteiger partial charge in [-0.15, -0.1) is 10.2 Å². The molecule has 0 saturated carbocycles. The predicted octanol–water partition coefficient (Wildman–Crippen LogP) is 2.65. The van der Waals surface area contributed by atoms with Crippen LogP contribution in [0, 0.1) is 5.82 Å². The molecular formula is C19H18FN3O4S. The van der Waals surface area contributed by atoms with Crippen LogP contribution in [-0.4, -0.2) is 38.9 Å². The first-order valence-electron chi connectivity index (χ1n) is 8.34. The lowest BCUT2D eigenvalue weighted by molar-refractivity contribution is 0.307. The largest absolute Gasteiger partial charge is 0.497 e. The van der Waals surface area contributed by atoms with Crippen molar-refractivity contribution in [1.29, 1.82) is 0 Å². The van der Waals surface area contributed by atoms with E-state index in [1.165, 1.54) is 31.4 Å². The number of sulfonamides is 1. The number of ether oxygens (including phenoxy) is 2. The number of benzene rings is 2. The lowest BCUT2D eigenvalue weighted by Crippen LogP contribution is -2.28. The van der Waals surface area contributed by atoms with E-state index in [1.54, 1.807) is 36.4 Å². The molecule has 1 N–H and O–H groups in total. The Labute approximate surface area is 162 Å². The maximum atomic E-state index is 13.0. The van der Waals surface area contributed by atoms with Crippen molar-refractivity contribution in [1.82, 2.24) is 14.9 Å². The van der Waals surface area contributed by atoms with Crippen LogP contribution >= 0.6 is 0 Å². The van der Waals surface area contributed by atoms with E-state index < -0.39 is 10.0 Å². The van der Waals surface area contributed by atoms with Gasteiger partial charge in [-0.1, -0.05) is 0 Å². The Balaban J connectivity index is 1.51. The zero-order valence-corrected chi connectivity index (χ0v) is 15.8. The van der Waals surface area contributed by atoms with Gasteiger partial charge in [0, 0.05) is 18.2 Å².